The van der Waals surface area contributed by atoms with E-state index in [1.807, 2.05) is 0 Å². The molecule has 1 N–H and O–H groups in total. The standard InChI is InChI=1S/C14H18F3N/c1-11(2)10-18-9-5-7-12-6-3-4-8-13(12)14(15,16)17/h3-8,11,18H,9-10H2,1-2H3. The van der Waals surface area contributed by atoms with Gasteiger partial charge in [-0.25, -0.2) is 0 Å². The molecule has 0 unspecified atom stereocenters. The van der Waals surface area contributed by atoms with Gasteiger partial charge < -0.3 is 5.32 Å². The number of nitrogens with one attached hydrogen (secondary N) is 1. The van der Waals surface area contributed by atoms with Crippen molar-refractivity contribution in [2.75, 3.05) is 13.1 Å². The number of hydrogen-bond acceptors (Lipinski definition) is 1. The minimum absolute atomic E-state index is 0.205. The molecule has 0 fully saturated rings. The van der Waals surface area contributed by atoms with E-state index >= 15 is 0 Å². The summed E-state index contributed by atoms with van der Waals surface area (Å²) >= 11 is 0. The summed E-state index contributed by atoms with van der Waals surface area (Å²) in [6, 6.07) is 5.58. The summed E-state index contributed by atoms with van der Waals surface area (Å²) in [5, 5.41) is 3.15. The minimum Gasteiger partial charge on any atom is -0.313 e. The van der Waals surface area contributed by atoms with Crippen LogP contribution in [0, 0.1) is 5.92 Å². The maximum absolute atomic E-state index is 12.7. The van der Waals surface area contributed by atoms with E-state index in [9.17, 15) is 13.2 Å². The first-order valence-corrected chi connectivity index (χ1v) is 5.94. The summed E-state index contributed by atoms with van der Waals surface area (Å²) in [6.45, 7) is 5.58. The Bertz CT molecular complexity index is 394. The summed E-state index contributed by atoms with van der Waals surface area (Å²) in [7, 11) is 0. The van der Waals surface area contributed by atoms with E-state index in [0.29, 0.717) is 12.5 Å². The SMILES string of the molecule is CC(C)CNCC=Cc1ccccc1C(F)(F)F. The van der Waals surface area contributed by atoms with Crippen LogP contribution in [0.5, 0.6) is 0 Å². The van der Waals surface area contributed by atoms with E-state index in [4.69, 9.17) is 0 Å². The highest BCUT2D eigenvalue weighted by atomic mass is 19.4. The highest BCUT2D eigenvalue weighted by molar-refractivity contribution is 5.54. The Balaban J connectivity index is 2.64. The third-order valence-corrected chi connectivity index (χ3v) is 2.38. The van der Waals surface area contributed by atoms with Crippen molar-refractivity contribution in [3.63, 3.8) is 0 Å². The molecule has 0 aliphatic heterocycles. The molecule has 0 bridgehead atoms. The lowest BCUT2D eigenvalue weighted by molar-refractivity contribution is -0.137. The average Bonchev–Trinajstić information content (AvgIpc) is 2.27. The van der Waals surface area contributed by atoms with Crippen LogP contribution >= 0.6 is 0 Å². The van der Waals surface area contributed by atoms with Crippen LogP contribution in [0.15, 0.2) is 30.3 Å². The molecular formula is C14H18F3N. The Morgan fingerprint density at radius 1 is 1.22 bits per heavy atom. The number of halogens is 3. The molecule has 0 radical (unpaired) electrons. The number of benzene rings is 1. The summed E-state index contributed by atoms with van der Waals surface area (Å²) < 4.78 is 38.0. The third kappa shape index (κ3) is 4.92. The Morgan fingerprint density at radius 3 is 2.50 bits per heavy atom. The second kappa shape index (κ2) is 6.59. The van der Waals surface area contributed by atoms with Crippen LogP contribution in [0.4, 0.5) is 13.2 Å². The average molecular weight is 257 g/mol. The summed E-state index contributed by atoms with van der Waals surface area (Å²) in [5.74, 6) is 0.529. The predicted octanol–water partition coefficient (Wildman–Crippen LogP) is 3.96. The van der Waals surface area contributed by atoms with Gasteiger partial charge in [0.05, 0.1) is 5.56 Å². The first kappa shape index (κ1) is 14.8. The van der Waals surface area contributed by atoms with Crippen LogP contribution in [0.1, 0.15) is 25.0 Å². The molecule has 1 nitrogen and oxygen atoms in total. The first-order chi connectivity index (χ1) is 8.41. The molecule has 0 saturated heterocycles. The molecule has 0 atom stereocenters. The molecular weight excluding hydrogens is 239 g/mol. The van der Waals surface area contributed by atoms with Gasteiger partial charge in [-0.2, -0.15) is 13.2 Å². The number of alkyl halides is 3. The summed E-state index contributed by atoms with van der Waals surface area (Å²) in [4.78, 5) is 0. The van der Waals surface area contributed by atoms with Crippen LogP contribution in [0.3, 0.4) is 0 Å². The first-order valence-electron chi connectivity index (χ1n) is 5.94. The molecule has 1 aromatic rings. The zero-order chi connectivity index (χ0) is 13.6. The Morgan fingerprint density at radius 2 is 1.89 bits per heavy atom. The lowest BCUT2D eigenvalue weighted by Crippen LogP contribution is -2.19. The van der Waals surface area contributed by atoms with Gasteiger partial charge in [0.25, 0.3) is 0 Å². The van der Waals surface area contributed by atoms with Gasteiger partial charge in [0.1, 0.15) is 0 Å². The Kier molecular flexibility index (Phi) is 5.41. The molecule has 0 saturated carbocycles. The minimum atomic E-state index is -4.30. The lowest BCUT2D eigenvalue weighted by Gasteiger charge is -2.09. The topological polar surface area (TPSA) is 12.0 Å². The largest absolute Gasteiger partial charge is 0.416 e. The van der Waals surface area contributed by atoms with Gasteiger partial charge in [-0.1, -0.05) is 44.2 Å². The fourth-order valence-corrected chi connectivity index (χ4v) is 1.54. The quantitative estimate of drug-likeness (QED) is 0.787. The van der Waals surface area contributed by atoms with Gasteiger partial charge in [0.15, 0.2) is 0 Å². The summed E-state index contributed by atoms with van der Waals surface area (Å²) in [5.41, 5.74) is -0.388. The van der Waals surface area contributed by atoms with Crippen molar-refractivity contribution in [3.8, 4) is 0 Å². The smallest absolute Gasteiger partial charge is 0.313 e. The van der Waals surface area contributed by atoms with Crippen LogP contribution < -0.4 is 5.32 Å². The van der Waals surface area contributed by atoms with Gasteiger partial charge in [0, 0.05) is 6.54 Å². The molecule has 0 aliphatic rings. The van der Waals surface area contributed by atoms with E-state index in [-0.39, 0.29) is 5.56 Å². The van der Waals surface area contributed by atoms with E-state index < -0.39 is 11.7 Å². The van der Waals surface area contributed by atoms with Crippen molar-refractivity contribution in [1.82, 2.24) is 5.32 Å². The van der Waals surface area contributed by atoms with Gasteiger partial charge in [-0.3, -0.25) is 0 Å². The van der Waals surface area contributed by atoms with E-state index in [2.05, 4.69) is 19.2 Å². The fourth-order valence-electron chi connectivity index (χ4n) is 1.54. The molecule has 0 aliphatic carbocycles. The highest BCUT2D eigenvalue weighted by Gasteiger charge is 2.32. The normalized spacial score (nSPS) is 12.6. The highest BCUT2D eigenvalue weighted by Crippen LogP contribution is 2.32. The van der Waals surface area contributed by atoms with Crippen LogP contribution in [-0.2, 0) is 6.18 Å². The van der Waals surface area contributed by atoms with Crippen LogP contribution in [0.25, 0.3) is 6.08 Å². The zero-order valence-corrected chi connectivity index (χ0v) is 10.6. The predicted molar refractivity (Wildman–Crippen MR) is 68.2 cm³/mol. The van der Waals surface area contributed by atoms with E-state index in [1.54, 1.807) is 12.1 Å². The van der Waals surface area contributed by atoms with Crippen LogP contribution in [-0.4, -0.2) is 13.1 Å². The molecule has 0 amide bonds. The molecule has 1 aromatic carbocycles. The molecule has 100 valence electrons. The molecule has 18 heavy (non-hydrogen) atoms. The van der Waals surface area contributed by atoms with Gasteiger partial charge in [-0.05, 0) is 24.1 Å². The van der Waals surface area contributed by atoms with Crippen molar-refractivity contribution in [2.24, 2.45) is 5.92 Å². The summed E-state index contributed by atoms with van der Waals surface area (Å²) in [6.07, 6.45) is -1.07. The second-order valence-electron chi connectivity index (χ2n) is 4.54. The van der Waals surface area contributed by atoms with Crippen molar-refractivity contribution in [3.05, 3.63) is 41.5 Å². The van der Waals surface area contributed by atoms with Crippen molar-refractivity contribution >= 4 is 6.08 Å². The fraction of sp³-hybridized carbons (Fsp3) is 0.429. The van der Waals surface area contributed by atoms with Crippen molar-refractivity contribution in [1.29, 1.82) is 0 Å². The molecule has 4 heteroatoms. The number of rotatable bonds is 5. The molecule has 0 spiro atoms. The van der Waals surface area contributed by atoms with Crippen LogP contribution in [0.2, 0.25) is 0 Å². The van der Waals surface area contributed by atoms with Gasteiger partial charge >= 0.3 is 6.18 Å². The van der Waals surface area contributed by atoms with Crippen molar-refractivity contribution in [2.45, 2.75) is 20.0 Å². The monoisotopic (exact) mass is 257 g/mol. The maximum atomic E-state index is 12.7. The molecule has 0 aromatic heterocycles. The van der Waals surface area contributed by atoms with Gasteiger partial charge in [0.2, 0.25) is 0 Å². The van der Waals surface area contributed by atoms with Crippen molar-refractivity contribution < 1.29 is 13.2 Å². The molecule has 0 heterocycles. The van der Waals surface area contributed by atoms with E-state index in [0.717, 1.165) is 12.6 Å². The number of hydrogen-bond donors (Lipinski definition) is 1. The van der Waals surface area contributed by atoms with Gasteiger partial charge in [-0.15, -0.1) is 0 Å². The third-order valence-electron chi connectivity index (χ3n) is 2.38. The lowest BCUT2D eigenvalue weighted by atomic mass is 10.1. The second-order valence-corrected chi connectivity index (χ2v) is 4.54. The maximum Gasteiger partial charge on any atom is 0.416 e. The van der Waals surface area contributed by atoms with E-state index in [1.165, 1.54) is 18.2 Å². The zero-order valence-electron chi connectivity index (χ0n) is 10.6. The Hall–Kier alpha value is -1.29. The Labute approximate surface area is 106 Å². The molecule has 1 rings (SSSR count).